The smallest absolute Gasteiger partial charge is 0.120 e. The molecule has 0 spiro atoms. The fourth-order valence-electron chi connectivity index (χ4n) is 2.86. The Balaban J connectivity index is 1.82. The van der Waals surface area contributed by atoms with Crippen molar-refractivity contribution in [3.63, 3.8) is 0 Å². The van der Waals surface area contributed by atoms with Crippen molar-refractivity contribution in [2.75, 3.05) is 25.0 Å². The van der Waals surface area contributed by atoms with Gasteiger partial charge in [0.15, 0.2) is 0 Å². The number of nitrogens with one attached hydrogen (secondary N) is 1. The van der Waals surface area contributed by atoms with Gasteiger partial charge in [-0.25, -0.2) is 0 Å². The molecule has 0 amide bonds. The highest BCUT2D eigenvalue weighted by molar-refractivity contribution is 5.59. The lowest BCUT2D eigenvalue weighted by Crippen LogP contribution is -2.42. The Bertz CT molecular complexity index is 386. The molecule has 1 aromatic rings. The molecule has 0 aliphatic carbocycles. The number of rotatable bonds is 1. The van der Waals surface area contributed by atoms with Gasteiger partial charge in [-0.2, -0.15) is 0 Å². The van der Waals surface area contributed by atoms with E-state index in [0.29, 0.717) is 11.8 Å². The molecule has 1 unspecified atom stereocenters. The first-order chi connectivity index (χ1) is 7.84. The van der Waals surface area contributed by atoms with E-state index in [1.165, 1.54) is 25.9 Å². The Morgan fingerprint density at radius 3 is 2.88 bits per heavy atom. The molecule has 1 aromatic carbocycles. The van der Waals surface area contributed by atoms with Crippen LogP contribution >= 0.6 is 0 Å². The van der Waals surface area contributed by atoms with Crippen molar-refractivity contribution in [2.45, 2.75) is 25.3 Å². The number of phenols is 1. The number of phenolic OH excluding ortho intramolecular Hbond substituents is 1. The lowest BCUT2D eigenvalue weighted by molar-refractivity contribution is 0.245. The summed E-state index contributed by atoms with van der Waals surface area (Å²) in [6.45, 7) is 3.45. The zero-order valence-electron chi connectivity index (χ0n) is 9.45. The molecule has 3 nitrogen and oxygen atoms in total. The van der Waals surface area contributed by atoms with E-state index in [9.17, 15) is 5.11 Å². The predicted octanol–water partition coefficient (Wildman–Crippen LogP) is 1.82. The molecular formula is C13H18N2O. The normalized spacial score (nSPS) is 25.1. The maximum absolute atomic E-state index is 9.86. The predicted molar refractivity (Wildman–Crippen MR) is 64.9 cm³/mol. The second-order valence-electron chi connectivity index (χ2n) is 4.79. The van der Waals surface area contributed by atoms with Crippen LogP contribution in [0.3, 0.4) is 0 Å². The molecule has 1 saturated heterocycles. The van der Waals surface area contributed by atoms with E-state index in [0.717, 1.165) is 24.2 Å². The van der Waals surface area contributed by atoms with Crippen molar-refractivity contribution in [3.8, 4) is 5.75 Å². The quantitative estimate of drug-likeness (QED) is 0.755. The molecule has 2 heterocycles. The van der Waals surface area contributed by atoms with Crippen molar-refractivity contribution in [2.24, 2.45) is 0 Å². The molecule has 1 fully saturated rings. The molecule has 1 atom stereocenters. The Kier molecular flexibility index (Phi) is 2.48. The molecule has 0 saturated carbocycles. The van der Waals surface area contributed by atoms with Gasteiger partial charge in [-0.1, -0.05) is 6.07 Å². The van der Waals surface area contributed by atoms with Crippen LogP contribution in [0.1, 0.15) is 18.4 Å². The lowest BCUT2D eigenvalue weighted by Gasteiger charge is -2.33. The topological polar surface area (TPSA) is 35.5 Å². The summed E-state index contributed by atoms with van der Waals surface area (Å²) in [6, 6.07) is 6.29. The van der Waals surface area contributed by atoms with Crippen molar-refractivity contribution in [1.29, 1.82) is 0 Å². The van der Waals surface area contributed by atoms with Crippen LogP contribution in [0.15, 0.2) is 18.2 Å². The van der Waals surface area contributed by atoms with Gasteiger partial charge >= 0.3 is 0 Å². The van der Waals surface area contributed by atoms with E-state index >= 15 is 0 Å². The number of benzene rings is 1. The van der Waals surface area contributed by atoms with Gasteiger partial charge < -0.3 is 10.4 Å². The van der Waals surface area contributed by atoms with Crippen molar-refractivity contribution in [1.82, 2.24) is 4.90 Å². The van der Waals surface area contributed by atoms with Gasteiger partial charge in [-0.3, -0.25) is 4.90 Å². The average Bonchev–Trinajstić information content (AvgIpc) is 2.83. The van der Waals surface area contributed by atoms with Crippen LogP contribution in [0, 0.1) is 0 Å². The molecular weight excluding hydrogens is 200 g/mol. The maximum Gasteiger partial charge on any atom is 0.120 e. The molecule has 0 aromatic heterocycles. The number of nitrogens with zero attached hydrogens (tertiary/aromatic N) is 1. The van der Waals surface area contributed by atoms with Crippen molar-refractivity contribution < 1.29 is 5.11 Å². The zero-order valence-corrected chi connectivity index (χ0v) is 9.45. The zero-order chi connectivity index (χ0) is 11.0. The minimum Gasteiger partial charge on any atom is -0.508 e. The monoisotopic (exact) mass is 218 g/mol. The Morgan fingerprint density at radius 2 is 2.06 bits per heavy atom. The van der Waals surface area contributed by atoms with E-state index in [1.54, 1.807) is 6.07 Å². The Hall–Kier alpha value is -1.22. The minimum absolute atomic E-state index is 0.439. The largest absolute Gasteiger partial charge is 0.508 e. The second kappa shape index (κ2) is 3.98. The third kappa shape index (κ3) is 1.65. The summed E-state index contributed by atoms with van der Waals surface area (Å²) in [5, 5.41) is 13.3. The molecule has 0 bridgehead atoms. The van der Waals surface area contributed by atoms with Crippen molar-refractivity contribution >= 4 is 5.69 Å². The van der Waals surface area contributed by atoms with Gasteiger partial charge in [0.05, 0.1) is 0 Å². The highest BCUT2D eigenvalue weighted by atomic mass is 16.3. The first kappa shape index (κ1) is 9.97. The fourth-order valence-corrected chi connectivity index (χ4v) is 2.86. The summed E-state index contributed by atoms with van der Waals surface area (Å²) in [5.74, 6) is 0.439. The summed E-state index contributed by atoms with van der Waals surface area (Å²) < 4.78 is 0. The number of anilines is 1. The molecule has 86 valence electrons. The molecule has 3 rings (SSSR count). The summed E-state index contributed by atoms with van der Waals surface area (Å²) >= 11 is 0. The van der Waals surface area contributed by atoms with Crippen LogP contribution in [0.2, 0.25) is 0 Å². The maximum atomic E-state index is 9.86. The van der Waals surface area contributed by atoms with Gasteiger partial charge in [-0.15, -0.1) is 0 Å². The fraction of sp³-hybridized carbons (Fsp3) is 0.538. The first-order valence-corrected chi connectivity index (χ1v) is 6.13. The van der Waals surface area contributed by atoms with Crippen molar-refractivity contribution in [3.05, 3.63) is 23.8 Å². The summed E-state index contributed by atoms with van der Waals surface area (Å²) in [4.78, 5) is 2.54. The number of likely N-dealkylation sites (tertiary alicyclic amines) is 1. The molecule has 16 heavy (non-hydrogen) atoms. The van der Waals surface area contributed by atoms with E-state index in [4.69, 9.17) is 0 Å². The number of hydrogen-bond acceptors (Lipinski definition) is 3. The number of fused-ring (bicyclic) bond motifs is 1. The van der Waals surface area contributed by atoms with Crippen LogP contribution < -0.4 is 5.32 Å². The highest BCUT2D eigenvalue weighted by Gasteiger charge is 2.27. The summed E-state index contributed by atoms with van der Waals surface area (Å²) in [7, 11) is 0. The van der Waals surface area contributed by atoms with Crippen LogP contribution in [-0.2, 0) is 6.42 Å². The third-order valence-electron chi connectivity index (χ3n) is 3.78. The van der Waals surface area contributed by atoms with Gasteiger partial charge in [0, 0.05) is 23.8 Å². The average molecular weight is 218 g/mol. The molecule has 3 heteroatoms. The van der Waals surface area contributed by atoms with Crippen LogP contribution in [0.5, 0.6) is 5.75 Å². The standard InChI is InChI=1S/C13H18N2O/c16-13-5-3-4-12-11(13)8-10(9-14-12)15-6-1-2-7-15/h3-5,10,14,16H,1-2,6-9H2. The molecule has 2 N–H and O–H groups in total. The Labute approximate surface area is 96.1 Å². The molecule has 2 aliphatic heterocycles. The van der Waals surface area contributed by atoms with E-state index in [-0.39, 0.29) is 0 Å². The van der Waals surface area contributed by atoms with Gasteiger partial charge in [-0.05, 0) is 44.5 Å². The molecule has 0 radical (unpaired) electrons. The highest BCUT2D eigenvalue weighted by Crippen LogP contribution is 2.31. The molecule has 2 aliphatic rings. The van der Waals surface area contributed by atoms with E-state index in [2.05, 4.69) is 16.3 Å². The first-order valence-electron chi connectivity index (χ1n) is 6.13. The lowest BCUT2D eigenvalue weighted by atomic mass is 9.98. The van der Waals surface area contributed by atoms with Gasteiger partial charge in [0.1, 0.15) is 5.75 Å². The summed E-state index contributed by atoms with van der Waals surface area (Å²) in [5.41, 5.74) is 2.20. The number of hydrogen-bond donors (Lipinski definition) is 2. The summed E-state index contributed by atoms with van der Waals surface area (Å²) in [6.07, 6.45) is 3.63. The second-order valence-corrected chi connectivity index (χ2v) is 4.79. The van der Waals surface area contributed by atoms with Crippen LogP contribution in [0.4, 0.5) is 5.69 Å². The van der Waals surface area contributed by atoms with Gasteiger partial charge in [0.25, 0.3) is 0 Å². The van der Waals surface area contributed by atoms with Crippen LogP contribution in [0.25, 0.3) is 0 Å². The third-order valence-corrected chi connectivity index (χ3v) is 3.78. The number of aromatic hydroxyl groups is 1. The SMILES string of the molecule is Oc1cccc2c1CC(N1CCCC1)CN2. The van der Waals surface area contributed by atoms with E-state index < -0.39 is 0 Å². The van der Waals surface area contributed by atoms with Gasteiger partial charge in [0.2, 0.25) is 0 Å². The minimum atomic E-state index is 0.439. The van der Waals surface area contributed by atoms with Crippen LogP contribution in [-0.4, -0.2) is 35.7 Å². The Morgan fingerprint density at radius 1 is 1.25 bits per heavy atom. The van der Waals surface area contributed by atoms with E-state index in [1.807, 2.05) is 6.07 Å².